The van der Waals surface area contributed by atoms with Crippen molar-refractivity contribution in [2.24, 2.45) is 5.41 Å². The molecule has 1 saturated heterocycles. The van der Waals surface area contributed by atoms with E-state index in [2.05, 4.69) is 57.2 Å². The van der Waals surface area contributed by atoms with Gasteiger partial charge in [-0.3, -0.25) is 0 Å². The molecule has 21 heavy (non-hydrogen) atoms. The van der Waals surface area contributed by atoms with Crippen LogP contribution < -0.4 is 4.78 Å². The van der Waals surface area contributed by atoms with Gasteiger partial charge in [0.2, 0.25) is 0 Å². The lowest BCUT2D eigenvalue weighted by atomic mass is 9.82. The Balaban J connectivity index is 1.74. The summed E-state index contributed by atoms with van der Waals surface area (Å²) in [6.07, 6.45) is 1.08. The minimum Gasteiger partial charge on any atom is -0.406 e. The Morgan fingerprint density at radius 2 is 1.71 bits per heavy atom. The molecule has 2 heterocycles. The normalized spacial score (nSPS) is 18.0. The highest BCUT2D eigenvalue weighted by Crippen LogP contribution is 2.27. The second-order valence-electron chi connectivity index (χ2n) is 6.37. The molecule has 2 aromatic rings. The molecule has 1 aliphatic rings. The number of rotatable bonds is 3. The summed E-state index contributed by atoms with van der Waals surface area (Å²) in [6, 6.07) is 13.1. The molecule has 1 fully saturated rings. The average molecular weight is 300 g/mol. The van der Waals surface area contributed by atoms with Crippen LogP contribution in [-0.2, 0) is 15.7 Å². The van der Waals surface area contributed by atoms with Crippen molar-refractivity contribution < 1.29 is 9.31 Å². The fraction of sp³-hybridized carbons (Fsp3) is 0.412. The van der Waals surface area contributed by atoms with Crippen molar-refractivity contribution in [3.63, 3.8) is 0 Å². The summed E-state index contributed by atoms with van der Waals surface area (Å²) >= 11 is 1.76. The predicted molar refractivity (Wildman–Crippen MR) is 90.2 cm³/mol. The minimum atomic E-state index is -0.202. The van der Waals surface area contributed by atoms with Gasteiger partial charge in [-0.1, -0.05) is 51.1 Å². The minimum absolute atomic E-state index is 0.118. The van der Waals surface area contributed by atoms with Crippen LogP contribution in [0.15, 0.2) is 36.4 Å². The largest absolute Gasteiger partial charge is 0.504 e. The maximum absolute atomic E-state index is 5.85. The van der Waals surface area contributed by atoms with E-state index < -0.39 is 0 Å². The Morgan fingerprint density at radius 3 is 2.33 bits per heavy atom. The Morgan fingerprint density at radius 1 is 1.05 bits per heavy atom. The molecule has 0 spiro atoms. The molecule has 1 aromatic carbocycles. The van der Waals surface area contributed by atoms with E-state index >= 15 is 0 Å². The monoisotopic (exact) mass is 300 g/mol. The van der Waals surface area contributed by atoms with Crippen LogP contribution in [0.25, 0.3) is 10.4 Å². The van der Waals surface area contributed by atoms with Crippen LogP contribution in [0.3, 0.4) is 0 Å². The SMILES string of the molecule is CCc1ccc(-c2ccc(B3OCC(C)(C)CO3)s2)cc1. The first-order valence-corrected chi connectivity index (χ1v) is 8.31. The van der Waals surface area contributed by atoms with Gasteiger partial charge in [-0.05, 0) is 23.6 Å². The first-order valence-electron chi connectivity index (χ1n) is 7.50. The number of hydrogen-bond donors (Lipinski definition) is 0. The van der Waals surface area contributed by atoms with Gasteiger partial charge < -0.3 is 9.31 Å². The lowest BCUT2D eigenvalue weighted by Crippen LogP contribution is -2.46. The molecule has 0 aliphatic carbocycles. The molecule has 1 aromatic heterocycles. The first-order chi connectivity index (χ1) is 10.1. The van der Waals surface area contributed by atoms with Crippen molar-refractivity contribution in [2.75, 3.05) is 13.2 Å². The quantitative estimate of drug-likeness (QED) is 0.804. The maximum atomic E-state index is 5.85. The van der Waals surface area contributed by atoms with Gasteiger partial charge in [-0.2, -0.15) is 0 Å². The van der Waals surface area contributed by atoms with E-state index in [4.69, 9.17) is 9.31 Å². The number of aryl methyl sites for hydroxylation is 1. The van der Waals surface area contributed by atoms with Gasteiger partial charge in [-0.15, -0.1) is 11.3 Å². The van der Waals surface area contributed by atoms with E-state index in [-0.39, 0.29) is 12.5 Å². The smallest absolute Gasteiger partial charge is 0.406 e. The molecular weight excluding hydrogens is 279 g/mol. The van der Waals surface area contributed by atoms with Gasteiger partial charge in [0.05, 0.1) is 0 Å². The molecule has 4 heteroatoms. The van der Waals surface area contributed by atoms with Crippen LogP contribution in [0.2, 0.25) is 0 Å². The summed E-state index contributed by atoms with van der Waals surface area (Å²) in [5, 5.41) is 0. The van der Waals surface area contributed by atoms with Crippen LogP contribution in [0, 0.1) is 5.41 Å². The Hall–Kier alpha value is -1.10. The lowest BCUT2D eigenvalue weighted by Gasteiger charge is -2.32. The van der Waals surface area contributed by atoms with Crippen molar-refractivity contribution in [1.82, 2.24) is 0 Å². The summed E-state index contributed by atoms with van der Waals surface area (Å²) < 4.78 is 12.9. The third-order valence-electron chi connectivity index (χ3n) is 3.76. The van der Waals surface area contributed by atoms with Crippen molar-refractivity contribution in [3.05, 3.63) is 42.0 Å². The average Bonchev–Trinajstić information content (AvgIpc) is 2.97. The fourth-order valence-electron chi connectivity index (χ4n) is 2.40. The van der Waals surface area contributed by atoms with E-state index in [0.717, 1.165) is 24.4 Å². The highest BCUT2D eigenvalue weighted by molar-refractivity contribution is 7.25. The Labute approximate surface area is 131 Å². The molecule has 0 atom stereocenters. The third kappa shape index (κ3) is 3.39. The molecular formula is C17H21BO2S. The van der Waals surface area contributed by atoms with Crippen LogP contribution in [-0.4, -0.2) is 20.3 Å². The maximum Gasteiger partial charge on any atom is 0.504 e. The van der Waals surface area contributed by atoms with Gasteiger partial charge in [-0.25, -0.2) is 0 Å². The summed E-state index contributed by atoms with van der Waals surface area (Å²) in [5.41, 5.74) is 2.75. The van der Waals surface area contributed by atoms with Crippen molar-refractivity contribution in [1.29, 1.82) is 0 Å². The zero-order valence-corrected chi connectivity index (χ0v) is 13.7. The second-order valence-corrected chi connectivity index (χ2v) is 7.49. The van der Waals surface area contributed by atoms with E-state index in [1.54, 1.807) is 11.3 Å². The number of benzene rings is 1. The molecule has 0 saturated carbocycles. The van der Waals surface area contributed by atoms with E-state index in [9.17, 15) is 0 Å². The van der Waals surface area contributed by atoms with Crippen LogP contribution >= 0.6 is 11.3 Å². The highest BCUT2D eigenvalue weighted by atomic mass is 32.1. The lowest BCUT2D eigenvalue weighted by molar-refractivity contribution is 0.0346. The zero-order chi connectivity index (χ0) is 14.9. The van der Waals surface area contributed by atoms with Gasteiger partial charge in [0.1, 0.15) is 0 Å². The van der Waals surface area contributed by atoms with Crippen molar-refractivity contribution >= 4 is 23.2 Å². The molecule has 0 unspecified atom stereocenters. The van der Waals surface area contributed by atoms with E-state index in [0.29, 0.717) is 0 Å². The van der Waals surface area contributed by atoms with Crippen molar-refractivity contribution in [3.8, 4) is 10.4 Å². The number of hydrogen-bond acceptors (Lipinski definition) is 3. The highest BCUT2D eigenvalue weighted by Gasteiger charge is 2.34. The summed E-state index contributed by atoms with van der Waals surface area (Å²) in [6.45, 7) is 8.00. The number of thiophene rings is 1. The molecule has 2 nitrogen and oxygen atoms in total. The van der Waals surface area contributed by atoms with E-state index in [1.165, 1.54) is 16.0 Å². The third-order valence-corrected chi connectivity index (χ3v) is 4.91. The first kappa shape index (κ1) is 14.8. The fourth-order valence-corrected chi connectivity index (χ4v) is 3.41. The Kier molecular flexibility index (Phi) is 4.20. The summed E-state index contributed by atoms with van der Waals surface area (Å²) in [7, 11) is -0.202. The van der Waals surface area contributed by atoms with Crippen LogP contribution in [0.4, 0.5) is 0 Å². The van der Waals surface area contributed by atoms with Gasteiger partial charge >= 0.3 is 7.12 Å². The molecule has 3 rings (SSSR count). The molecule has 0 N–H and O–H groups in total. The molecule has 0 bridgehead atoms. The molecule has 0 amide bonds. The molecule has 1 aliphatic heterocycles. The van der Waals surface area contributed by atoms with Crippen molar-refractivity contribution in [2.45, 2.75) is 27.2 Å². The van der Waals surface area contributed by atoms with Gasteiger partial charge in [0.25, 0.3) is 0 Å². The van der Waals surface area contributed by atoms with Gasteiger partial charge in [0, 0.05) is 28.3 Å². The summed E-state index contributed by atoms with van der Waals surface area (Å²) in [4.78, 5) is 1.27. The predicted octanol–water partition coefficient (Wildman–Crippen LogP) is 3.75. The van der Waals surface area contributed by atoms with Gasteiger partial charge in [0.15, 0.2) is 0 Å². The van der Waals surface area contributed by atoms with Crippen LogP contribution in [0.1, 0.15) is 26.3 Å². The second kappa shape index (κ2) is 5.95. The molecule has 110 valence electrons. The molecule has 0 radical (unpaired) electrons. The Bertz CT molecular complexity index is 594. The standard InChI is InChI=1S/C17H21BO2S/c1-4-13-5-7-14(8-6-13)15-9-10-16(21-15)18-19-11-17(2,3)12-20-18/h5-10H,4,11-12H2,1-3H3. The topological polar surface area (TPSA) is 18.5 Å². The van der Waals surface area contributed by atoms with E-state index in [1.807, 2.05) is 0 Å². The van der Waals surface area contributed by atoms with Crippen LogP contribution in [0.5, 0.6) is 0 Å². The zero-order valence-electron chi connectivity index (χ0n) is 12.9. The summed E-state index contributed by atoms with van der Waals surface area (Å²) in [5.74, 6) is 0.